The molecule has 3 aromatic heterocycles. The van der Waals surface area contributed by atoms with E-state index in [0.717, 1.165) is 65.7 Å². The van der Waals surface area contributed by atoms with Gasteiger partial charge in [-0.05, 0) is 91.8 Å². The predicted octanol–water partition coefficient (Wildman–Crippen LogP) is 8.29. The van der Waals surface area contributed by atoms with Gasteiger partial charge in [0.25, 0.3) is 0 Å². The highest BCUT2D eigenvalue weighted by molar-refractivity contribution is 6.25. The smallest absolute Gasteiger partial charge is 0.141 e. The summed E-state index contributed by atoms with van der Waals surface area (Å²) in [5.74, 6) is 0.291. The van der Waals surface area contributed by atoms with E-state index in [-0.39, 0.29) is 11.5 Å². The van der Waals surface area contributed by atoms with Gasteiger partial charge in [-0.25, -0.2) is 9.97 Å². The lowest BCUT2D eigenvalue weighted by Crippen LogP contribution is -1.94. The van der Waals surface area contributed by atoms with E-state index >= 15 is 0 Å². The van der Waals surface area contributed by atoms with Crippen molar-refractivity contribution in [2.45, 2.75) is 0 Å². The number of nitrogens with zero attached hydrogens (tertiary/aromatic N) is 4. The van der Waals surface area contributed by atoms with Gasteiger partial charge in [-0.1, -0.05) is 48.5 Å². The number of phenolic OH excluding ortho intramolecular Hbond substituents is 2. The summed E-state index contributed by atoms with van der Waals surface area (Å²) in [4.78, 5) is 17.5. The van der Waals surface area contributed by atoms with E-state index in [9.17, 15) is 10.2 Å². The van der Waals surface area contributed by atoms with Crippen LogP contribution in [-0.2, 0) is 0 Å². The summed E-state index contributed by atoms with van der Waals surface area (Å²) in [5.41, 5.74) is 7.07. The Morgan fingerprint density at radius 2 is 0.976 bits per heavy atom. The zero-order chi connectivity index (χ0) is 28.2. The van der Waals surface area contributed by atoms with Gasteiger partial charge in [-0.15, -0.1) is 0 Å². The molecule has 0 radical (unpaired) electrons. The molecular weight excluding hydrogens is 520 g/mol. The second kappa shape index (κ2) is 9.35. The molecule has 0 aliphatic carbocycles. The summed E-state index contributed by atoms with van der Waals surface area (Å²) in [7, 11) is 0. The fourth-order valence-corrected chi connectivity index (χ4v) is 6.14. The van der Waals surface area contributed by atoms with Crippen LogP contribution < -0.4 is 0 Å². The van der Waals surface area contributed by atoms with Crippen molar-refractivity contribution in [3.63, 3.8) is 0 Å². The molecular formula is C36H22N4O2. The molecule has 0 saturated carbocycles. The minimum Gasteiger partial charge on any atom is -0.506 e. The Hall–Kier alpha value is -5.88. The van der Waals surface area contributed by atoms with Crippen molar-refractivity contribution in [3.8, 4) is 44.9 Å². The van der Waals surface area contributed by atoms with Crippen LogP contribution in [0, 0.1) is 0 Å². The first-order chi connectivity index (χ1) is 20.7. The maximum atomic E-state index is 10.7. The van der Waals surface area contributed by atoms with Crippen LogP contribution in [0.1, 0.15) is 0 Å². The van der Waals surface area contributed by atoms with Crippen molar-refractivity contribution in [1.29, 1.82) is 0 Å². The number of phenols is 2. The summed E-state index contributed by atoms with van der Waals surface area (Å²) in [6, 6.07) is 30.0. The third-order valence-electron chi connectivity index (χ3n) is 7.95. The largest absolute Gasteiger partial charge is 0.506 e. The molecule has 6 nitrogen and oxygen atoms in total. The molecule has 198 valence electrons. The van der Waals surface area contributed by atoms with E-state index in [1.807, 2.05) is 54.9 Å². The van der Waals surface area contributed by atoms with E-state index in [1.165, 1.54) is 6.33 Å². The van der Waals surface area contributed by atoms with Crippen molar-refractivity contribution >= 4 is 43.4 Å². The van der Waals surface area contributed by atoms with E-state index < -0.39 is 0 Å². The molecule has 0 fully saturated rings. The first-order valence-electron chi connectivity index (χ1n) is 13.6. The van der Waals surface area contributed by atoms with Gasteiger partial charge in [-0.3, -0.25) is 9.97 Å². The van der Waals surface area contributed by atoms with Gasteiger partial charge in [0.05, 0.1) is 0 Å². The lowest BCUT2D eigenvalue weighted by molar-refractivity contribution is 0.480. The molecule has 0 atom stereocenters. The third kappa shape index (κ3) is 3.59. The van der Waals surface area contributed by atoms with E-state index in [4.69, 9.17) is 0 Å². The Morgan fingerprint density at radius 3 is 1.57 bits per heavy atom. The highest BCUT2D eigenvalue weighted by Gasteiger charge is 2.21. The molecule has 0 amide bonds. The minimum absolute atomic E-state index is 0.143. The quantitative estimate of drug-likeness (QED) is 0.218. The molecule has 0 spiro atoms. The Kier molecular flexibility index (Phi) is 5.34. The average Bonchev–Trinajstić information content (AvgIpc) is 3.05. The van der Waals surface area contributed by atoms with Crippen molar-refractivity contribution in [3.05, 3.63) is 122 Å². The second-order valence-corrected chi connectivity index (χ2v) is 10.2. The van der Waals surface area contributed by atoms with Gasteiger partial charge < -0.3 is 10.2 Å². The van der Waals surface area contributed by atoms with Crippen LogP contribution in [0.2, 0.25) is 0 Å². The average molecular weight is 543 g/mol. The highest BCUT2D eigenvalue weighted by Crippen LogP contribution is 2.48. The van der Waals surface area contributed by atoms with E-state index in [1.54, 1.807) is 24.5 Å². The summed E-state index contributed by atoms with van der Waals surface area (Å²) < 4.78 is 0. The van der Waals surface area contributed by atoms with Gasteiger partial charge in [0.1, 0.15) is 28.9 Å². The van der Waals surface area contributed by atoms with Crippen LogP contribution in [0.4, 0.5) is 0 Å². The fourth-order valence-electron chi connectivity index (χ4n) is 6.14. The van der Waals surface area contributed by atoms with Crippen molar-refractivity contribution in [1.82, 2.24) is 19.9 Å². The number of pyridine rings is 2. The molecule has 2 N–H and O–H groups in total. The first-order valence-corrected chi connectivity index (χ1v) is 13.6. The maximum absolute atomic E-state index is 10.7. The lowest BCUT2D eigenvalue weighted by Gasteiger charge is -2.20. The Morgan fingerprint density at radius 1 is 0.452 bits per heavy atom. The second-order valence-electron chi connectivity index (χ2n) is 10.2. The van der Waals surface area contributed by atoms with Crippen LogP contribution in [0.3, 0.4) is 0 Å². The maximum Gasteiger partial charge on any atom is 0.141 e. The molecule has 3 heterocycles. The fraction of sp³-hybridized carbons (Fsp3) is 0. The topological polar surface area (TPSA) is 92.0 Å². The molecule has 0 bridgehead atoms. The van der Waals surface area contributed by atoms with Gasteiger partial charge in [0, 0.05) is 41.1 Å². The Balaban J connectivity index is 1.59. The molecule has 0 unspecified atom stereocenters. The number of hydrogen-bond donors (Lipinski definition) is 2. The number of hydrogen-bond acceptors (Lipinski definition) is 6. The van der Waals surface area contributed by atoms with Crippen molar-refractivity contribution < 1.29 is 10.2 Å². The van der Waals surface area contributed by atoms with Gasteiger partial charge in [-0.2, -0.15) is 0 Å². The lowest BCUT2D eigenvalue weighted by atomic mass is 9.83. The van der Waals surface area contributed by atoms with Gasteiger partial charge in [0.15, 0.2) is 0 Å². The molecule has 5 aromatic carbocycles. The minimum atomic E-state index is 0.143. The molecule has 0 saturated heterocycles. The highest BCUT2D eigenvalue weighted by atomic mass is 16.3. The van der Waals surface area contributed by atoms with E-state index in [2.05, 4.69) is 56.3 Å². The summed E-state index contributed by atoms with van der Waals surface area (Å²) in [6.45, 7) is 0. The monoisotopic (exact) mass is 542 g/mol. The summed E-state index contributed by atoms with van der Waals surface area (Å²) >= 11 is 0. The van der Waals surface area contributed by atoms with Crippen LogP contribution in [0.15, 0.2) is 122 Å². The Labute approximate surface area is 240 Å². The zero-order valence-electron chi connectivity index (χ0n) is 22.2. The molecule has 0 aliphatic heterocycles. The Bertz CT molecular complexity index is 2340. The van der Waals surface area contributed by atoms with Crippen molar-refractivity contribution in [2.24, 2.45) is 0 Å². The number of rotatable bonds is 3. The molecule has 8 aromatic rings. The summed E-state index contributed by atoms with van der Waals surface area (Å²) in [5, 5.41) is 27.3. The van der Waals surface area contributed by atoms with Crippen LogP contribution in [-0.4, -0.2) is 30.1 Å². The SMILES string of the molecule is Oc1ccc(-c2c3ccccc3c(-c3ccc(O)c4ncccc34)c3cc(-c4cncnc4)ccc23)c2cccnc12. The van der Waals surface area contributed by atoms with Gasteiger partial charge in [0.2, 0.25) is 0 Å². The van der Waals surface area contributed by atoms with Gasteiger partial charge >= 0.3 is 0 Å². The first kappa shape index (κ1) is 24.0. The number of benzene rings is 5. The van der Waals surface area contributed by atoms with Crippen molar-refractivity contribution in [2.75, 3.05) is 0 Å². The molecule has 42 heavy (non-hydrogen) atoms. The summed E-state index contributed by atoms with van der Waals surface area (Å²) in [6.07, 6.45) is 8.55. The predicted molar refractivity (Wildman–Crippen MR) is 167 cm³/mol. The standard InChI is InChI=1S/C36H22N4O2/c41-31-13-11-25(28-7-3-15-39-35(28)31)33-23-5-1-2-6-24(23)34(26-12-14-32(42)36-29(26)8-4-16-40-36)30-17-21(9-10-27(30)33)22-18-37-20-38-19-22/h1-20,41-42H. The van der Waals surface area contributed by atoms with E-state index in [0.29, 0.717) is 11.0 Å². The van der Waals surface area contributed by atoms with Crippen LogP contribution in [0.25, 0.3) is 76.7 Å². The molecule has 8 rings (SSSR count). The number of fused-ring (bicyclic) bond motifs is 4. The normalized spacial score (nSPS) is 11.5. The third-order valence-corrected chi connectivity index (χ3v) is 7.95. The zero-order valence-corrected chi connectivity index (χ0v) is 22.2. The number of aromatic nitrogens is 4. The molecule has 0 aliphatic rings. The van der Waals surface area contributed by atoms with Crippen LogP contribution in [0.5, 0.6) is 11.5 Å². The van der Waals surface area contributed by atoms with Crippen LogP contribution >= 0.6 is 0 Å². The number of aromatic hydroxyl groups is 2. The molecule has 6 heteroatoms.